The Labute approximate surface area is 78.9 Å². The molecule has 0 radical (unpaired) electrons. The predicted molar refractivity (Wildman–Crippen MR) is 47.5 cm³/mol. The fourth-order valence-corrected chi connectivity index (χ4v) is 1.25. The van der Waals surface area contributed by atoms with E-state index in [9.17, 15) is 4.79 Å². The van der Waals surface area contributed by atoms with Gasteiger partial charge in [0.15, 0.2) is 5.58 Å². The number of hydrogen-bond donors (Lipinski definition) is 1. The van der Waals surface area contributed by atoms with Crippen LogP contribution in [0, 0.1) is 0 Å². The number of rotatable bonds is 2. The molecule has 72 valence electrons. The maximum absolute atomic E-state index is 10.8. The quantitative estimate of drug-likeness (QED) is 0.782. The average molecular weight is 193 g/mol. The number of hydrogen-bond acceptors (Lipinski definition) is 4. The smallest absolute Gasteiger partial charge is 0.341 e. The minimum atomic E-state index is -1.07. The highest BCUT2D eigenvalue weighted by atomic mass is 16.5. The largest absolute Gasteiger partial charge is 0.480 e. The molecule has 0 spiro atoms. The Balaban J connectivity index is 2.78. The summed E-state index contributed by atoms with van der Waals surface area (Å²) in [5, 5.41) is 9.39. The summed E-state index contributed by atoms with van der Waals surface area (Å²) in [6.07, 6.45) is 2.62. The molecule has 0 atom stereocenters. The van der Waals surface area contributed by atoms with Crippen molar-refractivity contribution in [2.24, 2.45) is 0 Å². The summed E-state index contributed by atoms with van der Waals surface area (Å²) in [7, 11) is 1.47. The number of carbonyl (C=O) groups is 1. The van der Waals surface area contributed by atoms with Crippen molar-refractivity contribution in [1.29, 1.82) is 0 Å². The molecule has 2 aromatic rings. The highest BCUT2D eigenvalue weighted by molar-refractivity contribution is 6.01. The van der Waals surface area contributed by atoms with Crippen molar-refractivity contribution < 1.29 is 19.1 Å². The summed E-state index contributed by atoms with van der Waals surface area (Å²) < 4.78 is 10.0. The first-order valence-corrected chi connectivity index (χ1v) is 3.87. The number of furan rings is 1. The molecule has 0 aromatic carbocycles. The number of methoxy groups -OCH3 is 1. The summed E-state index contributed by atoms with van der Waals surface area (Å²) in [6.45, 7) is 0. The van der Waals surface area contributed by atoms with Gasteiger partial charge in [-0.15, -0.1) is 0 Å². The van der Waals surface area contributed by atoms with Gasteiger partial charge < -0.3 is 14.3 Å². The number of fused-ring (bicyclic) bond motifs is 1. The van der Waals surface area contributed by atoms with Gasteiger partial charge in [-0.05, 0) is 6.07 Å². The number of aromatic carboxylic acids is 1. The Morgan fingerprint density at radius 1 is 1.64 bits per heavy atom. The zero-order valence-corrected chi connectivity index (χ0v) is 7.35. The van der Waals surface area contributed by atoms with Crippen LogP contribution in [0.4, 0.5) is 0 Å². The van der Waals surface area contributed by atoms with Crippen molar-refractivity contribution in [3.63, 3.8) is 0 Å². The van der Waals surface area contributed by atoms with Crippen LogP contribution in [0.3, 0.4) is 0 Å². The Hall–Kier alpha value is -2.04. The molecule has 2 rings (SSSR count). The molecule has 5 nitrogen and oxygen atoms in total. The van der Waals surface area contributed by atoms with Gasteiger partial charge in [0, 0.05) is 6.20 Å². The Morgan fingerprint density at radius 2 is 2.43 bits per heavy atom. The summed E-state index contributed by atoms with van der Waals surface area (Å²) in [5.41, 5.74) is 0.315. The van der Waals surface area contributed by atoms with Crippen molar-refractivity contribution in [2.75, 3.05) is 7.11 Å². The van der Waals surface area contributed by atoms with Crippen molar-refractivity contribution in [3.05, 3.63) is 24.1 Å². The van der Waals surface area contributed by atoms with Crippen LogP contribution in [0.2, 0.25) is 0 Å². The first-order chi connectivity index (χ1) is 6.74. The van der Waals surface area contributed by atoms with E-state index in [4.69, 9.17) is 14.3 Å². The molecule has 0 aliphatic carbocycles. The summed E-state index contributed by atoms with van der Waals surface area (Å²) in [4.78, 5) is 14.6. The van der Waals surface area contributed by atoms with E-state index in [2.05, 4.69) is 4.98 Å². The van der Waals surface area contributed by atoms with E-state index >= 15 is 0 Å². The molecule has 14 heavy (non-hydrogen) atoms. The number of carboxylic acid groups (broad SMARTS) is 1. The zero-order valence-electron chi connectivity index (χ0n) is 7.35. The van der Waals surface area contributed by atoms with E-state index in [1.165, 1.54) is 19.6 Å². The molecule has 5 heteroatoms. The summed E-state index contributed by atoms with van der Waals surface area (Å²) in [6, 6.07) is 1.62. The highest BCUT2D eigenvalue weighted by Gasteiger charge is 2.15. The van der Waals surface area contributed by atoms with Gasteiger partial charge in [0.1, 0.15) is 5.56 Å². The third kappa shape index (κ3) is 1.10. The molecule has 0 aliphatic heterocycles. The van der Waals surface area contributed by atoms with Gasteiger partial charge in [-0.1, -0.05) is 0 Å². The van der Waals surface area contributed by atoms with Gasteiger partial charge in [0.2, 0.25) is 5.88 Å². The van der Waals surface area contributed by atoms with E-state index in [0.29, 0.717) is 11.3 Å². The first kappa shape index (κ1) is 8.55. The minimum absolute atomic E-state index is 0.0331. The highest BCUT2D eigenvalue weighted by Crippen LogP contribution is 2.26. The lowest BCUT2D eigenvalue weighted by atomic mass is 10.2. The van der Waals surface area contributed by atoms with Crippen LogP contribution in [-0.4, -0.2) is 23.2 Å². The van der Waals surface area contributed by atoms with E-state index in [-0.39, 0.29) is 11.1 Å². The van der Waals surface area contributed by atoms with E-state index in [0.717, 1.165) is 0 Å². The molecule has 2 aromatic heterocycles. The van der Waals surface area contributed by atoms with E-state index in [1.807, 2.05) is 0 Å². The lowest BCUT2D eigenvalue weighted by molar-refractivity contribution is 0.0697. The van der Waals surface area contributed by atoms with Crippen molar-refractivity contribution in [3.8, 4) is 5.88 Å². The van der Waals surface area contributed by atoms with E-state index < -0.39 is 5.97 Å². The number of pyridine rings is 1. The number of ether oxygens (including phenoxy) is 1. The molecule has 2 heterocycles. The lowest BCUT2D eigenvalue weighted by Crippen LogP contribution is -1.99. The number of aromatic nitrogens is 1. The van der Waals surface area contributed by atoms with Crippen molar-refractivity contribution in [2.45, 2.75) is 0 Å². The second kappa shape index (κ2) is 3.02. The SMILES string of the molecule is COc1ncc(C(=O)O)c2occc12. The third-order valence-electron chi connectivity index (χ3n) is 1.87. The number of carboxylic acids is 1. The number of nitrogens with zero attached hydrogens (tertiary/aromatic N) is 1. The fraction of sp³-hybridized carbons (Fsp3) is 0.111. The normalized spacial score (nSPS) is 10.4. The summed E-state index contributed by atoms with van der Waals surface area (Å²) >= 11 is 0. The van der Waals surface area contributed by atoms with Crippen LogP contribution < -0.4 is 4.74 Å². The predicted octanol–water partition coefficient (Wildman–Crippen LogP) is 1.53. The first-order valence-electron chi connectivity index (χ1n) is 3.87. The van der Waals surface area contributed by atoms with Crippen LogP contribution in [0.25, 0.3) is 11.0 Å². The van der Waals surface area contributed by atoms with Gasteiger partial charge in [0.05, 0.1) is 18.8 Å². The van der Waals surface area contributed by atoms with Gasteiger partial charge in [-0.3, -0.25) is 0 Å². The molecular weight excluding hydrogens is 186 g/mol. The molecule has 0 saturated heterocycles. The van der Waals surface area contributed by atoms with Crippen molar-refractivity contribution in [1.82, 2.24) is 4.98 Å². The van der Waals surface area contributed by atoms with Crippen molar-refractivity contribution >= 4 is 16.9 Å². The molecule has 1 N–H and O–H groups in total. The second-order valence-corrected chi connectivity index (χ2v) is 2.65. The Bertz CT molecular complexity index is 489. The molecule has 0 aliphatic rings. The minimum Gasteiger partial charge on any atom is -0.480 e. The molecule has 0 unspecified atom stereocenters. The van der Waals surface area contributed by atoms with E-state index in [1.54, 1.807) is 6.07 Å². The Kier molecular flexibility index (Phi) is 1.85. The van der Waals surface area contributed by atoms with Crippen LogP contribution in [0.5, 0.6) is 5.88 Å². The average Bonchev–Trinajstić information content (AvgIpc) is 2.64. The van der Waals surface area contributed by atoms with Gasteiger partial charge in [-0.25, -0.2) is 9.78 Å². The Morgan fingerprint density at radius 3 is 3.07 bits per heavy atom. The maximum atomic E-state index is 10.8. The molecule has 0 amide bonds. The molecular formula is C9H7NO4. The van der Waals surface area contributed by atoms with Crippen LogP contribution in [0.15, 0.2) is 22.9 Å². The maximum Gasteiger partial charge on any atom is 0.341 e. The standard InChI is InChI=1S/C9H7NO4/c1-13-8-5-2-3-14-7(5)6(4-10-8)9(11)12/h2-4H,1H3,(H,11,12). The second-order valence-electron chi connectivity index (χ2n) is 2.65. The fourth-order valence-electron chi connectivity index (χ4n) is 1.25. The molecule has 0 bridgehead atoms. The zero-order chi connectivity index (χ0) is 10.1. The topological polar surface area (TPSA) is 72.6 Å². The third-order valence-corrected chi connectivity index (χ3v) is 1.87. The van der Waals surface area contributed by atoms with Crippen LogP contribution >= 0.6 is 0 Å². The molecule has 0 fully saturated rings. The van der Waals surface area contributed by atoms with Crippen LogP contribution in [-0.2, 0) is 0 Å². The lowest BCUT2D eigenvalue weighted by Gasteiger charge is -2.00. The molecule has 0 saturated carbocycles. The van der Waals surface area contributed by atoms with Gasteiger partial charge in [-0.2, -0.15) is 0 Å². The van der Waals surface area contributed by atoms with Gasteiger partial charge in [0.25, 0.3) is 0 Å². The van der Waals surface area contributed by atoms with Gasteiger partial charge >= 0.3 is 5.97 Å². The van der Waals surface area contributed by atoms with Crippen LogP contribution in [0.1, 0.15) is 10.4 Å². The summed E-state index contributed by atoms with van der Waals surface area (Å²) in [5.74, 6) is -0.709. The monoisotopic (exact) mass is 193 g/mol.